The summed E-state index contributed by atoms with van der Waals surface area (Å²) in [6.45, 7) is 4.75. The molecule has 0 spiro atoms. The molecule has 0 aliphatic heterocycles. The average molecular weight is 275 g/mol. The van der Waals surface area contributed by atoms with Crippen LogP contribution in [0.3, 0.4) is 0 Å². The van der Waals surface area contributed by atoms with Gasteiger partial charge in [-0.25, -0.2) is 8.42 Å². The maximum absolute atomic E-state index is 12.4. The van der Waals surface area contributed by atoms with Crippen molar-refractivity contribution in [3.8, 4) is 0 Å². The molecule has 0 saturated carbocycles. The maximum Gasteiger partial charge on any atom is 0.402 e. The van der Waals surface area contributed by atoms with Crippen molar-refractivity contribution in [1.29, 1.82) is 0 Å². The fourth-order valence-electron chi connectivity index (χ4n) is 1.57. The normalized spacial score (nSPS) is 14.0. The van der Waals surface area contributed by atoms with Gasteiger partial charge in [0.1, 0.15) is 6.54 Å². The monoisotopic (exact) mass is 275 g/mol. The molecular formula is C10H20F3NO2S. The zero-order chi connectivity index (χ0) is 13.9. The lowest BCUT2D eigenvalue weighted by Crippen LogP contribution is -2.47. The van der Waals surface area contributed by atoms with Crippen molar-refractivity contribution in [2.75, 3.05) is 6.54 Å². The van der Waals surface area contributed by atoms with E-state index in [4.69, 9.17) is 0 Å². The molecule has 7 heteroatoms. The molecule has 0 aromatic heterocycles. The highest BCUT2D eigenvalue weighted by molar-refractivity contribution is 7.89. The van der Waals surface area contributed by atoms with Gasteiger partial charge in [-0.15, -0.1) is 0 Å². The summed E-state index contributed by atoms with van der Waals surface area (Å²) in [6.07, 6.45) is -3.76. The van der Waals surface area contributed by atoms with Gasteiger partial charge in [0.2, 0.25) is 10.0 Å². The Balaban J connectivity index is 5.26. The van der Waals surface area contributed by atoms with Gasteiger partial charge in [-0.05, 0) is 26.7 Å². The second-order valence-corrected chi connectivity index (χ2v) is 6.67. The molecule has 0 unspecified atom stereocenters. The summed E-state index contributed by atoms with van der Waals surface area (Å²) in [5.41, 5.74) is 0. The number of alkyl halides is 3. The molecule has 0 aromatic carbocycles. The smallest absolute Gasteiger partial charge is 0.212 e. The summed E-state index contributed by atoms with van der Waals surface area (Å²) in [6, 6.07) is -0.593. The quantitative estimate of drug-likeness (QED) is 0.747. The fraction of sp³-hybridized carbons (Fsp3) is 1.00. The maximum atomic E-state index is 12.4. The van der Waals surface area contributed by atoms with E-state index in [1.165, 1.54) is 13.8 Å². The molecule has 0 aromatic rings. The van der Waals surface area contributed by atoms with Crippen LogP contribution in [0, 0.1) is 0 Å². The molecule has 0 radical (unpaired) electrons. The Kier molecular flexibility index (Phi) is 5.93. The molecule has 0 atom stereocenters. The van der Waals surface area contributed by atoms with Crippen LogP contribution in [0.25, 0.3) is 0 Å². The van der Waals surface area contributed by atoms with Crippen molar-refractivity contribution >= 4 is 10.0 Å². The molecule has 0 saturated heterocycles. The molecule has 0 aliphatic carbocycles. The van der Waals surface area contributed by atoms with Gasteiger partial charge in [-0.1, -0.05) is 13.8 Å². The van der Waals surface area contributed by atoms with E-state index in [1.54, 1.807) is 13.8 Å². The first-order valence-corrected chi connectivity index (χ1v) is 7.14. The predicted octanol–water partition coefficient (Wildman–Crippen LogP) is 2.78. The first-order chi connectivity index (χ1) is 7.56. The summed E-state index contributed by atoms with van der Waals surface area (Å²) in [4.78, 5) is 0. The van der Waals surface area contributed by atoms with Crippen LogP contribution in [0.15, 0.2) is 0 Å². The first kappa shape index (κ1) is 16.7. The fourth-order valence-corrected chi connectivity index (χ4v) is 3.15. The number of halogens is 3. The number of rotatable bonds is 6. The van der Waals surface area contributed by atoms with Crippen molar-refractivity contribution in [2.45, 2.75) is 58.0 Å². The van der Waals surface area contributed by atoms with Crippen LogP contribution in [0.1, 0.15) is 40.5 Å². The molecule has 3 nitrogen and oxygen atoms in total. The lowest BCUT2D eigenvalue weighted by Gasteiger charge is -2.31. The van der Waals surface area contributed by atoms with Crippen molar-refractivity contribution in [3.05, 3.63) is 0 Å². The Labute approximate surface area is 101 Å². The largest absolute Gasteiger partial charge is 0.402 e. The molecule has 0 heterocycles. The minimum atomic E-state index is -4.51. The average Bonchev–Trinajstić information content (AvgIpc) is 2.16. The highest BCUT2D eigenvalue weighted by Gasteiger charge is 2.40. The van der Waals surface area contributed by atoms with Crippen LogP contribution in [-0.4, -0.2) is 36.7 Å². The van der Waals surface area contributed by atoms with E-state index < -0.39 is 34.0 Å². The number of nitrogens with zero attached hydrogens (tertiary/aromatic N) is 1. The molecule has 17 heavy (non-hydrogen) atoms. The van der Waals surface area contributed by atoms with Crippen LogP contribution < -0.4 is 0 Å². The van der Waals surface area contributed by atoms with Gasteiger partial charge >= 0.3 is 6.18 Å². The van der Waals surface area contributed by atoms with E-state index in [1.807, 2.05) is 0 Å². The molecule has 0 amide bonds. The van der Waals surface area contributed by atoms with Crippen molar-refractivity contribution in [3.63, 3.8) is 0 Å². The van der Waals surface area contributed by atoms with Crippen LogP contribution in [0.4, 0.5) is 13.2 Å². The minimum Gasteiger partial charge on any atom is -0.212 e. The second kappa shape index (κ2) is 6.04. The van der Waals surface area contributed by atoms with E-state index in [0.717, 1.165) is 0 Å². The van der Waals surface area contributed by atoms with Crippen molar-refractivity contribution in [2.24, 2.45) is 0 Å². The third-order valence-corrected chi connectivity index (χ3v) is 4.88. The number of hydrogen-bond donors (Lipinski definition) is 0. The molecular weight excluding hydrogens is 255 g/mol. The van der Waals surface area contributed by atoms with Gasteiger partial charge in [0.15, 0.2) is 0 Å². The second-order valence-electron chi connectivity index (χ2n) is 4.22. The minimum absolute atomic E-state index is 0.374. The molecule has 0 bridgehead atoms. The van der Waals surface area contributed by atoms with Gasteiger partial charge in [0, 0.05) is 6.04 Å². The zero-order valence-electron chi connectivity index (χ0n) is 10.6. The van der Waals surface area contributed by atoms with Gasteiger partial charge in [0.25, 0.3) is 0 Å². The Morgan fingerprint density at radius 1 is 1.12 bits per heavy atom. The number of sulfonamides is 1. The van der Waals surface area contributed by atoms with E-state index in [2.05, 4.69) is 0 Å². The molecule has 0 aliphatic rings. The Bertz CT molecular complexity index is 321. The summed E-state index contributed by atoms with van der Waals surface area (Å²) < 4.78 is 61.7. The lowest BCUT2D eigenvalue weighted by molar-refractivity contribution is -0.139. The van der Waals surface area contributed by atoms with Crippen molar-refractivity contribution in [1.82, 2.24) is 4.31 Å². The Morgan fingerprint density at radius 2 is 1.53 bits per heavy atom. The van der Waals surface area contributed by atoms with E-state index in [-0.39, 0.29) is 0 Å². The van der Waals surface area contributed by atoms with Crippen molar-refractivity contribution < 1.29 is 21.6 Å². The summed E-state index contributed by atoms with van der Waals surface area (Å²) >= 11 is 0. The topological polar surface area (TPSA) is 37.4 Å². The summed E-state index contributed by atoms with van der Waals surface area (Å²) in [7, 11) is -3.88. The van der Waals surface area contributed by atoms with E-state index in [9.17, 15) is 21.6 Å². The van der Waals surface area contributed by atoms with Gasteiger partial charge in [0.05, 0.1) is 5.25 Å². The number of hydrogen-bond acceptors (Lipinski definition) is 2. The van der Waals surface area contributed by atoms with Crippen LogP contribution in [0.2, 0.25) is 0 Å². The first-order valence-electron chi connectivity index (χ1n) is 5.63. The van der Waals surface area contributed by atoms with E-state index >= 15 is 0 Å². The Hall–Kier alpha value is -0.300. The van der Waals surface area contributed by atoms with Gasteiger partial charge in [-0.2, -0.15) is 17.5 Å². The highest BCUT2D eigenvalue weighted by Crippen LogP contribution is 2.24. The van der Waals surface area contributed by atoms with E-state index in [0.29, 0.717) is 17.1 Å². The highest BCUT2D eigenvalue weighted by atomic mass is 32.2. The molecule has 0 N–H and O–H groups in total. The lowest BCUT2D eigenvalue weighted by atomic mass is 10.2. The zero-order valence-corrected chi connectivity index (χ0v) is 11.4. The van der Waals surface area contributed by atoms with Crippen LogP contribution >= 0.6 is 0 Å². The standard InChI is InChI=1S/C10H20F3NO2S/c1-5-9(6-2)14(7-10(11,12)13)17(15,16)8(3)4/h8-9H,5-7H2,1-4H3. The van der Waals surface area contributed by atoms with Crippen LogP contribution in [0.5, 0.6) is 0 Å². The summed E-state index contributed by atoms with van der Waals surface area (Å²) in [5.74, 6) is 0. The van der Waals surface area contributed by atoms with Gasteiger partial charge in [-0.3, -0.25) is 0 Å². The van der Waals surface area contributed by atoms with Gasteiger partial charge < -0.3 is 0 Å². The SMILES string of the molecule is CCC(CC)N(CC(F)(F)F)S(=O)(=O)C(C)C. The molecule has 0 fully saturated rings. The third-order valence-electron chi connectivity index (χ3n) is 2.61. The van der Waals surface area contributed by atoms with Crippen LogP contribution in [-0.2, 0) is 10.0 Å². The molecule has 104 valence electrons. The third kappa shape index (κ3) is 4.83. The summed E-state index contributed by atoms with van der Waals surface area (Å²) in [5, 5.41) is -0.842. The Morgan fingerprint density at radius 3 is 1.76 bits per heavy atom. The molecule has 0 rings (SSSR count). The predicted molar refractivity (Wildman–Crippen MR) is 61.2 cm³/mol.